The summed E-state index contributed by atoms with van der Waals surface area (Å²) in [6.07, 6.45) is 0.780. The second kappa shape index (κ2) is 15.2. The quantitative estimate of drug-likeness (QED) is 0.0614. The normalized spacial score (nSPS) is 12.9. The minimum atomic E-state index is -4.79. The second-order valence-corrected chi connectivity index (χ2v) is 18.3. The Hall–Kier alpha value is -3.54. The van der Waals surface area contributed by atoms with Gasteiger partial charge in [-0.1, -0.05) is 18.2 Å². The van der Waals surface area contributed by atoms with Gasteiger partial charge in [0.1, 0.15) is 21.2 Å². The van der Waals surface area contributed by atoms with E-state index in [-0.39, 0.29) is 58.8 Å². The van der Waals surface area contributed by atoms with Gasteiger partial charge in [-0.2, -0.15) is 12.7 Å². The van der Waals surface area contributed by atoms with Gasteiger partial charge in [0.25, 0.3) is 25.8 Å². The van der Waals surface area contributed by atoms with Crippen molar-refractivity contribution in [2.24, 2.45) is 10.2 Å². The van der Waals surface area contributed by atoms with Crippen LogP contribution in [0.15, 0.2) is 96.5 Å². The topological polar surface area (TPSA) is 260 Å². The zero-order chi connectivity index (χ0) is 37.6. The standard InChI is InChI=1S/C29H31N5O12S4.Na.H/c1-17(2)33(18(3)4)49(42,43)27-16-25(31-30-23-13-12-19(34(36)37)14-26(23)47(5,38)39)28-22(29(27)35)10-7-11-24(28)32-48(40,41)20-8-6-9-21(15-20)50(44,45)46;;/h6-18,32,35H,1-5H3,(H,44,45,46);;/q;+1;-1. The number of nitro groups is 1. The number of aromatic hydroxyl groups is 1. The molecule has 22 heteroatoms. The third-order valence-corrected chi connectivity index (χ3v) is 12.7. The van der Waals surface area contributed by atoms with E-state index in [0.29, 0.717) is 6.07 Å². The predicted octanol–water partition coefficient (Wildman–Crippen LogP) is 2.24. The molecule has 0 fully saturated rings. The molecule has 0 radical (unpaired) electrons. The smallest absolute Gasteiger partial charge is 1.00 e. The summed E-state index contributed by atoms with van der Waals surface area (Å²) in [5, 5.41) is 30.3. The maximum absolute atomic E-state index is 14.0. The van der Waals surface area contributed by atoms with E-state index in [9.17, 15) is 53.4 Å². The molecule has 0 saturated carbocycles. The molecule has 51 heavy (non-hydrogen) atoms. The minimum absolute atomic E-state index is 0. The molecular weight excluding hydrogens is 762 g/mol. The van der Waals surface area contributed by atoms with Gasteiger partial charge in [-0.05, 0) is 64.1 Å². The summed E-state index contributed by atoms with van der Waals surface area (Å²) in [5.41, 5.74) is -1.63. The predicted molar refractivity (Wildman–Crippen MR) is 183 cm³/mol. The fourth-order valence-corrected chi connectivity index (χ4v) is 9.65. The summed E-state index contributed by atoms with van der Waals surface area (Å²) in [6, 6.07) is 10.0. The first-order valence-corrected chi connectivity index (χ1v) is 20.5. The van der Waals surface area contributed by atoms with Gasteiger partial charge in [0.15, 0.2) is 9.84 Å². The number of hydrogen-bond acceptors (Lipinski definition) is 13. The summed E-state index contributed by atoms with van der Waals surface area (Å²) >= 11 is 0. The van der Waals surface area contributed by atoms with Crippen LogP contribution in [-0.2, 0) is 40.0 Å². The molecule has 4 aromatic carbocycles. The number of nitrogens with one attached hydrogen (secondary N) is 1. The molecule has 0 bridgehead atoms. The van der Waals surface area contributed by atoms with E-state index < -0.39 is 88.0 Å². The van der Waals surface area contributed by atoms with Crippen LogP contribution in [0.4, 0.5) is 22.7 Å². The third kappa shape index (κ3) is 8.92. The summed E-state index contributed by atoms with van der Waals surface area (Å²) in [5.74, 6) is -0.785. The van der Waals surface area contributed by atoms with Gasteiger partial charge >= 0.3 is 29.6 Å². The first-order chi connectivity index (χ1) is 23.0. The van der Waals surface area contributed by atoms with E-state index in [1.54, 1.807) is 27.7 Å². The molecule has 0 aliphatic heterocycles. The monoisotopic (exact) mass is 793 g/mol. The molecule has 0 aliphatic rings. The summed E-state index contributed by atoms with van der Waals surface area (Å²) < 4.78 is 116. The van der Waals surface area contributed by atoms with Crippen LogP contribution >= 0.6 is 0 Å². The first kappa shape index (κ1) is 41.9. The number of non-ortho nitro benzene ring substituents is 1. The van der Waals surface area contributed by atoms with Gasteiger partial charge in [-0.3, -0.25) is 19.4 Å². The van der Waals surface area contributed by atoms with Gasteiger partial charge in [-0.15, -0.1) is 10.2 Å². The number of phenolic OH excluding ortho intramolecular Hbond substituents is 1. The molecular formula is C29H32N5NaO12S4. The SMILES string of the molecule is CC(C)N(C(C)C)S(=O)(=O)c1cc(N=Nc2ccc([N+](=O)[O-])cc2S(C)(=O)=O)c2c(NS(=O)(=O)c3cccc(S(=O)(=O)O)c3)cccc2c1O.[H-].[Na+]. The van der Waals surface area contributed by atoms with Crippen LogP contribution in [0.2, 0.25) is 0 Å². The molecule has 0 amide bonds. The largest absolute Gasteiger partial charge is 1.00 e. The molecule has 0 unspecified atom stereocenters. The number of phenols is 1. The van der Waals surface area contributed by atoms with Crippen molar-refractivity contribution in [2.45, 2.75) is 59.4 Å². The number of benzene rings is 4. The molecule has 0 atom stereocenters. The Morgan fingerprint density at radius 1 is 0.804 bits per heavy atom. The van der Waals surface area contributed by atoms with Gasteiger partial charge in [0, 0.05) is 41.2 Å². The molecule has 3 N–H and O–H groups in total. The number of anilines is 1. The number of fused-ring (bicyclic) bond motifs is 1. The number of rotatable bonds is 12. The molecule has 0 aromatic heterocycles. The molecule has 4 aromatic rings. The van der Waals surface area contributed by atoms with Crippen molar-refractivity contribution in [3.63, 3.8) is 0 Å². The Kier molecular flexibility index (Phi) is 12.5. The van der Waals surface area contributed by atoms with Gasteiger partial charge in [0.05, 0.1) is 26.1 Å². The molecule has 0 aliphatic carbocycles. The molecule has 4 rings (SSSR count). The zero-order valence-corrected chi connectivity index (χ0v) is 33.2. The van der Waals surface area contributed by atoms with Crippen molar-refractivity contribution in [2.75, 3.05) is 11.0 Å². The molecule has 17 nitrogen and oxygen atoms in total. The summed E-state index contributed by atoms with van der Waals surface area (Å²) in [4.78, 5) is 7.97. The summed E-state index contributed by atoms with van der Waals surface area (Å²) in [7, 11) is -18.1. The summed E-state index contributed by atoms with van der Waals surface area (Å²) in [6.45, 7) is 6.45. The Morgan fingerprint density at radius 3 is 1.92 bits per heavy atom. The van der Waals surface area contributed by atoms with Gasteiger partial charge in [0.2, 0.25) is 10.0 Å². The van der Waals surface area contributed by atoms with E-state index in [1.165, 1.54) is 18.2 Å². The average molecular weight is 794 g/mol. The van der Waals surface area contributed by atoms with Crippen molar-refractivity contribution in [1.82, 2.24) is 4.31 Å². The van der Waals surface area contributed by atoms with Crippen LogP contribution in [0.5, 0.6) is 5.75 Å². The van der Waals surface area contributed by atoms with Crippen LogP contribution in [0.25, 0.3) is 10.8 Å². The zero-order valence-electron chi connectivity index (χ0n) is 28.9. The van der Waals surface area contributed by atoms with Crippen molar-refractivity contribution < 1.29 is 79.2 Å². The van der Waals surface area contributed by atoms with Crippen LogP contribution in [0.1, 0.15) is 29.1 Å². The molecule has 0 heterocycles. The number of nitrogens with zero attached hydrogens (tertiary/aromatic N) is 4. The van der Waals surface area contributed by atoms with E-state index in [4.69, 9.17) is 0 Å². The van der Waals surface area contributed by atoms with Crippen molar-refractivity contribution >= 4 is 73.5 Å². The van der Waals surface area contributed by atoms with Crippen LogP contribution < -0.4 is 34.3 Å². The number of sulfonamides is 2. The number of hydrogen-bond donors (Lipinski definition) is 3. The van der Waals surface area contributed by atoms with Crippen molar-refractivity contribution in [1.29, 1.82) is 0 Å². The molecule has 0 spiro atoms. The van der Waals surface area contributed by atoms with E-state index in [1.807, 2.05) is 0 Å². The van der Waals surface area contributed by atoms with E-state index in [2.05, 4.69) is 15.0 Å². The second-order valence-electron chi connectivity index (χ2n) is 11.4. The fourth-order valence-electron chi connectivity index (χ4n) is 5.16. The van der Waals surface area contributed by atoms with Crippen LogP contribution in [0.3, 0.4) is 0 Å². The Labute approximate surface area is 318 Å². The van der Waals surface area contributed by atoms with E-state index >= 15 is 0 Å². The number of sulfone groups is 1. The Morgan fingerprint density at radius 2 is 1.37 bits per heavy atom. The maximum Gasteiger partial charge on any atom is 1.00 e. The van der Waals surface area contributed by atoms with Crippen molar-refractivity contribution in [3.05, 3.63) is 76.8 Å². The number of nitro benzene ring substituents is 1. The van der Waals surface area contributed by atoms with Gasteiger partial charge in [-0.25, -0.2) is 25.3 Å². The molecule has 0 saturated heterocycles. The third-order valence-electron chi connectivity index (χ3n) is 7.13. The van der Waals surface area contributed by atoms with Gasteiger partial charge < -0.3 is 6.53 Å². The van der Waals surface area contributed by atoms with Crippen LogP contribution in [-0.4, -0.2) is 70.9 Å². The molecule has 270 valence electrons. The Balaban J connectivity index is 0.00000468. The Bertz CT molecular complexity index is 2510. The average Bonchev–Trinajstić information content (AvgIpc) is 2.99. The minimum Gasteiger partial charge on any atom is -1.00 e. The number of azo groups is 1. The van der Waals surface area contributed by atoms with Crippen LogP contribution in [0, 0.1) is 10.1 Å². The van der Waals surface area contributed by atoms with E-state index in [0.717, 1.165) is 53.0 Å². The van der Waals surface area contributed by atoms with Crippen molar-refractivity contribution in [3.8, 4) is 5.75 Å². The maximum atomic E-state index is 14.0. The fraction of sp³-hybridized carbons (Fsp3) is 0.241. The first-order valence-electron chi connectivity index (χ1n) is 14.3.